The molecular weight excluding hydrogens is 412 g/mol. The standard InChI is InChI=1S/C24H27ClN4O2/c1-2-3-15-31-23-10-5-4-9-20(23)21-17-22(27-26-21)24(30)29-13-11-28(12-14-29)19-8-6-7-18(25)16-19/h4-10,16-17H,2-3,11-15H2,1H3,(H,26,27). The number of aromatic nitrogens is 2. The first kappa shape index (κ1) is 21.2. The first-order valence-electron chi connectivity index (χ1n) is 10.7. The third kappa shape index (κ3) is 5.02. The number of carbonyl (C=O) groups is 1. The van der Waals surface area contributed by atoms with Gasteiger partial charge in [-0.25, -0.2) is 0 Å². The molecule has 0 atom stereocenters. The van der Waals surface area contributed by atoms with Crippen LogP contribution >= 0.6 is 11.6 Å². The zero-order valence-electron chi connectivity index (χ0n) is 17.7. The highest BCUT2D eigenvalue weighted by Crippen LogP contribution is 2.29. The molecule has 2 aromatic carbocycles. The van der Waals surface area contributed by atoms with Crippen LogP contribution < -0.4 is 9.64 Å². The van der Waals surface area contributed by atoms with Crippen LogP contribution in [0.25, 0.3) is 11.3 Å². The van der Waals surface area contributed by atoms with Gasteiger partial charge in [0, 0.05) is 42.5 Å². The lowest BCUT2D eigenvalue weighted by Gasteiger charge is -2.36. The van der Waals surface area contributed by atoms with E-state index in [0.29, 0.717) is 31.1 Å². The van der Waals surface area contributed by atoms with E-state index in [4.69, 9.17) is 16.3 Å². The quantitative estimate of drug-likeness (QED) is 0.534. The summed E-state index contributed by atoms with van der Waals surface area (Å²) in [5, 5.41) is 8.03. The van der Waals surface area contributed by atoms with Crippen LogP contribution in [0, 0.1) is 0 Å². The smallest absolute Gasteiger partial charge is 0.272 e. The van der Waals surface area contributed by atoms with Crippen molar-refractivity contribution in [2.24, 2.45) is 0 Å². The van der Waals surface area contributed by atoms with E-state index < -0.39 is 0 Å². The van der Waals surface area contributed by atoms with Gasteiger partial charge in [0.15, 0.2) is 0 Å². The Bertz CT molecular complexity index is 1030. The first-order chi connectivity index (χ1) is 15.2. The molecule has 0 radical (unpaired) electrons. The number of carbonyl (C=O) groups excluding carboxylic acids is 1. The summed E-state index contributed by atoms with van der Waals surface area (Å²) in [6.07, 6.45) is 2.08. The molecule has 1 N–H and O–H groups in total. The lowest BCUT2D eigenvalue weighted by molar-refractivity contribution is 0.0741. The van der Waals surface area contributed by atoms with Crippen molar-refractivity contribution in [3.63, 3.8) is 0 Å². The summed E-state index contributed by atoms with van der Waals surface area (Å²) in [6, 6.07) is 17.4. The molecule has 162 valence electrons. The number of piperazine rings is 1. The normalized spacial score (nSPS) is 14.0. The Hall–Kier alpha value is -2.99. The number of amides is 1. The van der Waals surface area contributed by atoms with E-state index in [2.05, 4.69) is 22.0 Å². The molecule has 0 saturated carbocycles. The van der Waals surface area contributed by atoms with Crippen molar-refractivity contribution >= 4 is 23.2 Å². The van der Waals surface area contributed by atoms with Gasteiger partial charge < -0.3 is 14.5 Å². The third-order valence-corrected chi connectivity index (χ3v) is 5.70. The van der Waals surface area contributed by atoms with Crippen LogP contribution in [-0.2, 0) is 0 Å². The van der Waals surface area contributed by atoms with Crippen LogP contribution in [0.15, 0.2) is 54.6 Å². The van der Waals surface area contributed by atoms with E-state index in [-0.39, 0.29) is 5.91 Å². The van der Waals surface area contributed by atoms with Gasteiger partial charge in [0.25, 0.3) is 5.91 Å². The number of rotatable bonds is 7. The fourth-order valence-electron chi connectivity index (χ4n) is 3.71. The number of benzene rings is 2. The van der Waals surface area contributed by atoms with Crippen molar-refractivity contribution in [1.29, 1.82) is 0 Å². The fraction of sp³-hybridized carbons (Fsp3) is 0.333. The number of anilines is 1. The average Bonchev–Trinajstić information content (AvgIpc) is 3.29. The SMILES string of the molecule is CCCCOc1ccccc1-c1cc(C(=O)N2CCN(c3cccc(Cl)c3)CC2)[nH]n1. The lowest BCUT2D eigenvalue weighted by atomic mass is 10.1. The molecule has 1 aliphatic rings. The van der Waals surface area contributed by atoms with Crippen molar-refractivity contribution in [2.75, 3.05) is 37.7 Å². The minimum absolute atomic E-state index is 0.0334. The Labute approximate surface area is 187 Å². The van der Waals surface area contributed by atoms with Crippen molar-refractivity contribution in [3.05, 3.63) is 65.3 Å². The Morgan fingerprint density at radius 3 is 2.68 bits per heavy atom. The summed E-state index contributed by atoms with van der Waals surface area (Å²) < 4.78 is 5.92. The molecule has 1 aromatic heterocycles. The van der Waals surface area contributed by atoms with Crippen LogP contribution in [0.1, 0.15) is 30.3 Å². The van der Waals surface area contributed by atoms with Crippen LogP contribution in [-0.4, -0.2) is 53.8 Å². The number of hydrogen-bond donors (Lipinski definition) is 1. The van der Waals surface area contributed by atoms with E-state index in [1.807, 2.05) is 59.5 Å². The predicted octanol–water partition coefficient (Wildman–Crippen LogP) is 4.87. The number of nitrogens with zero attached hydrogens (tertiary/aromatic N) is 3. The summed E-state index contributed by atoms with van der Waals surface area (Å²) in [5.74, 6) is 0.755. The second-order valence-corrected chi connectivity index (χ2v) is 8.06. The van der Waals surface area contributed by atoms with Gasteiger partial charge in [-0.3, -0.25) is 9.89 Å². The molecule has 31 heavy (non-hydrogen) atoms. The fourth-order valence-corrected chi connectivity index (χ4v) is 3.90. The minimum atomic E-state index is -0.0334. The zero-order valence-corrected chi connectivity index (χ0v) is 18.4. The molecule has 0 aliphatic carbocycles. The number of halogens is 1. The van der Waals surface area contributed by atoms with Crippen LogP contribution in [0.2, 0.25) is 5.02 Å². The highest BCUT2D eigenvalue weighted by molar-refractivity contribution is 6.30. The maximum Gasteiger partial charge on any atom is 0.272 e. The molecule has 1 amide bonds. The average molecular weight is 439 g/mol. The molecule has 1 fully saturated rings. The summed E-state index contributed by atoms with van der Waals surface area (Å²) in [7, 11) is 0. The first-order valence-corrected chi connectivity index (χ1v) is 11.1. The molecule has 7 heteroatoms. The lowest BCUT2D eigenvalue weighted by Crippen LogP contribution is -2.48. The summed E-state index contributed by atoms with van der Waals surface area (Å²) >= 11 is 6.11. The Morgan fingerprint density at radius 2 is 1.90 bits per heavy atom. The van der Waals surface area contributed by atoms with Crippen molar-refractivity contribution in [3.8, 4) is 17.0 Å². The van der Waals surface area contributed by atoms with Gasteiger partial charge in [0.05, 0.1) is 12.3 Å². The Kier molecular flexibility index (Phi) is 6.77. The molecule has 0 bridgehead atoms. The van der Waals surface area contributed by atoms with E-state index in [1.54, 1.807) is 0 Å². The number of nitrogens with one attached hydrogen (secondary N) is 1. The Balaban J connectivity index is 1.41. The van der Waals surface area contributed by atoms with Gasteiger partial charge in [-0.05, 0) is 42.8 Å². The largest absolute Gasteiger partial charge is 0.493 e. The highest BCUT2D eigenvalue weighted by Gasteiger charge is 2.24. The monoisotopic (exact) mass is 438 g/mol. The molecule has 4 rings (SSSR count). The molecule has 3 aromatic rings. The number of hydrogen-bond acceptors (Lipinski definition) is 4. The van der Waals surface area contributed by atoms with Crippen LogP contribution in [0.3, 0.4) is 0 Å². The number of aromatic amines is 1. The van der Waals surface area contributed by atoms with Crippen molar-refractivity contribution in [2.45, 2.75) is 19.8 Å². The maximum absolute atomic E-state index is 13.0. The van der Waals surface area contributed by atoms with E-state index >= 15 is 0 Å². The molecule has 2 heterocycles. The maximum atomic E-state index is 13.0. The van der Waals surface area contributed by atoms with E-state index in [1.165, 1.54) is 0 Å². The molecular formula is C24H27ClN4O2. The van der Waals surface area contributed by atoms with Gasteiger partial charge in [-0.1, -0.05) is 43.1 Å². The van der Waals surface area contributed by atoms with Crippen LogP contribution in [0.5, 0.6) is 5.75 Å². The summed E-state index contributed by atoms with van der Waals surface area (Å²) in [4.78, 5) is 17.1. The second-order valence-electron chi connectivity index (χ2n) is 7.62. The summed E-state index contributed by atoms with van der Waals surface area (Å²) in [6.45, 7) is 5.63. The zero-order chi connectivity index (χ0) is 21.6. The summed E-state index contributed by atoms with van der Waals surface area (Å²) in [5.41, 5.74) is 3.19. The predicted molar refractivity (Wildman–Crippen MR) is 124 cm³/mol. The number of H-pyrrole nitrogens is 1. The second kappa shape index (κ2) is 9.88. The van der Waals surface area contributed by atoms with Gasteiger partial charge >= 0.3 is 0 Å². The van der Waals surface area contributed by atoms with Gasteiger partial charge in [-0.15, -0.1) is 0 Å². The number of unbranched alkanes of at least 4 members (excludes halogenated alkanes) is 1. The molecule has 1 saturated heterocycles. The topological polar surface area (TPSA) is 61.5 Å². The molecule has 0 unspecified atom stereocenters. The molecule has 6 nitrogen and oxygen atoms in total. The third-order valence-electron chi connectivity index (χ3n) is 5.47. The van der Waals surface area contributed by atoms with Crippen molar-refractivity contribution in [1.82, 2.24) is 15.1 Å². The molecule has 0 spiro atoms. The number of ether oxygens (including phenoxy) is 1. The minimum Gasteiger partial charge on any atom is -0.493 e. The molecule has 1 aliphatic heterocycles. The van der Waals surface area contributed by atoms with Gasteiger partial charge in [0.1, 0.15) is 11.4 Å². The highest BCUT2D eigenvalue weighted by atomic mass is 35.5. The van der Waals surface area contributed by atoms with Gasteiger partial charge in [0.2, 0.25) is 0 Å². The van der Waals surface area contributed by atoms with Crippen molar-refractivity contribution < 1.29 is 9.53 Å². The van der Waals surface area contributed by atoms with E-state index in [9.17, 15) is 4.79 Å². The number of para-hydroxylation sites is 1. The Morgan fingerprint density at radius 1 is 1.10 bits per heavy atom. The van der Waals surface area contributed by atoms with Gasteiger partial charge in [-0.2, -0.15) is 5.10 Å². The van der Waals surface area contributed by atoms with Crippen LogP contribution in [0.4, 0.5) is 5.69 Å². The van der Waals surface area contributed by atoms with E-state index in [0.717, 1.165) is 48.0 Å².